The van der Waals surface area contributed by atoms with Gasteiger partial charge in [-0.15, -0.1) is 4.40 Å². The van der Waals surface area contributed by atoms with Gasteiger partial charge in [-0.25, -0.2) is 0 Å². The number of pyridine rings is 1. The molecule has 0 bridgehead atoms. The van der Waals surface area contributed by atoms with Crippen LogP contribution in [-0.2, 0) is 10.0 Å². The molecule has 0 amide bonds. The van der Waals surface area contributed by atoms with E-state index >= 15 is 0 Å². The van der Waals surface area contributed by atoms with Crippen molar-refractivity contribution in [2.75, 3.05) is 19.7 Å². The van der Waals surface area contributed by atoms with E-state index in [0.29, 0.717) is 39.6 Å². The molecule has 1 fully saturated rings. The molecule has 8 heteroatoms. The molecule has 2 aromatic rings. The summed E-state index contributed by atoms with van der Waals surface area (Å²) >= 11 is 6.06. The van der Waals surface area contributed by atoms with Crippen LogP contribution in [0, 0.1) is 5.92 Å². The van der Waals surface area contributed by atoms with Gasteiger partial charge in [0.2, 0.25) is 0 Å². The minimum Gasteiger partial charge on any atom is -0.492 e. The van der Waals surface area contributed by atoms with Crippen LogP contribution >= 0.6 is 11.6 Å². The highest BCUT2D eigenvalue weighted by molar-refractivity contribution is 7.90. The van der Waals surface area contributed by atoms with Crippen molar-refractivity contribution in [3.8, 4) is 5.75 Å². The van der Waals surface area contributed by atoms with Gasteiger partial charge >= 0.3 is 0 Å². The highest BCUT2D eigenvalue weighted by atomic mass is 35.5. The van der Waals surface area contributed by atoms with Gasteiger partial charge < -0.3 is 9.64 Å². The molecule has 0 spiro atoms. The molecule has 0 radical (unpaired) electrons. The lowest BCUT2D eigenvalue weighted by Crippen LogP contribution is -2.39. The Morgan fingerprint density at radius 3 is 2.73 bits per heavy atom. The van der Waals surface area contributed by atoms with E-state index in [2.05, 4.69) is 14.3 Å². The van der Waals surface area contributed by atoms with Crippen LogP contribution in [0.3, 0.4) is 0 Å². The minimum atomic E-state index is -3.57. The molecule has 2 aliphatic heterocycles. The highest BCUT2D eigenvalue weighted by Gasteiger charge is 2.33. The molecule has 2 aliphatic rings. The fourth-order valence-electron chi connectivity index (χ4n) is 3.32. The van der Waals surface area contributed by atoms with Crippen LogP contribution in [0.2, 0.25) is 5.02 Å². The first-order chi connectivity index (χ1) is 12.5. The quantitative estimate of drug-likeness (QED) is 0.804. The Labute approximate surface area is 157 Å². The third kappa shape index (κ3) is 3.29. The molecule has 0 aliphatic carbocycles. The lowest BCUT2D eigenvalue weighted by Gasteiger charge is -2.33. The normalized spacial score (nSPS) is 19.1. The predicted octanol–water partition coefficient (Wildman–Crippen LogP) is 2.97. The van der Waals surface area contributed by atoms with Gasteiger partial charge in [-0.3, -0.25) is 4.98 Å². The number of ether oxygens (including phenoxy) is 1. The predicted molar refractivity (Wildman–Crippen MR) is 99.2 cm³/mol. The lowest BCUT2D eigenvalue weighted by atomic mass is 9.97. The molecule has 0 N–H and O–H groups in total. The van der Waals surface area contributed by atoms with E-state index in [4.69, 9.17) is 16.3 Å². The van der Waals surface area contributed by atoms with Crippen LogP contribution in [0.15, 0.2) is 52.0 Å². The number of amidine groups is 1. The number of benzene rings is 1. The van der Waals surface area contributed by atoms with Gasteiger partial charge in [0.25, 0.3) is 10.0 Å². The van der Waals surface area contributed by atoms with Crippen molar-refractivity contribution in [2.45, 2.75) is 17.7 Å². The summed E-state index contributed by atoms with van der Waals surface area (Å²) in [7, 11) is -3.57. The largest absolute Gasteiger partial charge is 0.492 e. The Hall–Kier alpha value is -2.12. The first-order valence-electron chi connectivity index (χ1n) is 8.46. The monoisotopic (exact) mass is 391 g/mol. The van der Waals surface area contributed by atoms with Gasteiger partial charge in [0.1, 0.15) is 15.7 Å². The van der Waals surface area contributed by atoms with E-state index in [1.807, 2.05) is 12.1 Å². The molecule has 3 heterocycles. The van der Waals surface area contributed by atoms with Gasteiger partial charge in [-0.1, -0.05) is 23.7 Å². The number of sulfonamides is 1. The fourth-order valence-corrected chi connectivity index (χ4v) is 4.72. The summed E-state index contributed by atoms with van der Waals surface area (Å²) in [5.41, 5.74) is 0.700. The summed E-state index contributed by atoms with van der Waals surface area (Å²) in [6, 6.07) is 8.75. The van der Waals surface area contributed by atoms with Crippen molar-refractivity contribution in [3.63, 3.8) is 0 Å². The maximum absolute atomic E-state index is 12.2. The second-order valence-corrected chi connectivity index (χ2v) is 8.41. The SMILES string of the molecule is O=S1(=O)N=C(N2CCC(COc3ccncc3Cl)CC2)c2ccccc21. The summed E-state index contributed by atoms with van der Waals surface area (Å²) in [6.45, 7) is 2.08. The molecular weight excluding hydrogens is 374 g/mol. The van der Waals surface area contributed by atoms with E-state index in [1.54, 1.807) is 30.6 Å². The summed E-state index contributed by atoms with van der Waals surface area (Å²) in [4.78, 5) is 6.30. The summed E-state index contributed by atoms with van der Waals surface area (Å²) in [5.74, 6) is 1.60. The number of fused-ring (bicyclic) bond motifs is 1. The number of likely N-dealkylation sites (tertiary alicyclic amines) is 1. The Bertz CT molecular complexity index is 954. The molecular formula is C18H18ClN3O3S. The standard InChI is InChI=1S/C18H18ClN3O3S/c19-15-11-20-8-5-16(15)25-12-13-6-9-22(10-7-13)18-14-3-1-2-4-17(14)26(23,24)21-18/h1-5,8,11,13H,6-7,9-10,12H2. The van der Waals surface area contributed by atoms with Crippen molar-refractivity contribution in [1.29, 1.82) is 0 Å². The molecule has 1 aromatic carbocycles. The zero-order valence-electron chi connectivity index (χ0n) is 14.0. The van der Waals surface area contributed by atoms with Crippen LogP contribution in [-0.4, -0.2) is 43.8 Å². The first-order valence-corrected chi connectivity index (χ1v) is 10.3. The van der Waals surface area contributed by atoms with Crippen LogP contribution in [0.5, 0.6) is 5.75 Å². The topological polar surface area (TPSA) is 71.9 Å². The summed E-state index contributed by atoms with van der Waals surface area (Å²) in [5, 5.41) is 0.507. The maximum atomic E-state index is 12.2. The van der Waals surface area contributed by atoms with E-state index in [0.717, 1.165) is 25.9 Å². The highest BCUT2D eigenvalue weighted by Crippen LogP contribution is 2.30. The molecule has 0 unspecified atom stereocenters. The average molecular weight is 392 g/mol. The number of nitrogens with zero attached hydrogens (tertiary/aromatic N) is 3. The van der Waals surface area contributed by atoms with Gasteiger partial charge in [0.05, 0.1) is 6.61 Å². The minimum absolute atomic E-state index is 0.299. The molecule has 136 valence electrons. The first kappa shape index (κ1) is 17.3. The summed E-state index contributed by atoms with van der Waals surface area (Å²) in [6.07, 6.45) is 5.03. The van der Waals surface area contributed by atoms with Crippen molar-refractivity contribution in [3.05, 3.63) is 53.3 Å². The zero-order chi connectivity index (χ0) is 18.1. The second kappa shape index (κ2) is 6.89. The fraction of sp³-hybridized carbons (Fsp3) is 0.333. The molecule has 6 nitrogen and oxygen atoms in total. The molecule has 1 saturated heterocycles. The van der Waals surface area contributed by atoms with Crippen LogP contribution < -0.4 is 4.74 Å². The Morgan fingerprint density at radius 1 is 1.19 bits per heavy atom. The van der Waals surface area contributed by atoms with Gasteiger partial charge in [0.15, 0.2) is 5.84 Å². The van der Waals surface area contributed by atoms with Crippen molar-refractivity contribution in [2.24, 2.45) is 10.3 Å². The summed E-state index contributed by atoms with van der Waals surface area (Å²) < 4.78 is 34.2. The Morgan fingerprint density at radius 2 is 1.96 bits per heavy atom. The van der Waals surface area contributed by atoms with Gasteiger partial charge in [-0.05, 0) is 30.9 Å². The molecule has 4 rings (SSSR count). The average Bonchev–Trinajstić information content (AvgIpc) is 2.93. The number of hydrogen-bond donors (Lipinski definition) is 0. The third-order valence-electron chi connectivity index (χ3n) is 4.74. The van der Waals surface area contributed by atoms with Crippen molar-refractivity contribution < 1.29 is 13.2 Å². The van der Waals surface area contributed by atoms with E-state index in [1.165, 1.54) is 0 Å². The molecule has 0 saturated carbocycles. The zero-order valence-corrected chi connectivity index (χ0v) is 15.6. The van der Waals surface area contributed by atoms with Crippen LogP contribution in [0.1, 0.15) is 18.4 Å². The van der Waals surface area contributed by atoms with Crippen LogP contribution in [0.4, 0.5) is 0 Å². The Balaban J connectivity index is 1.40. The number of hydrogen-bond acceptors (Lipinski definition) is 5. The molecule has 1 aromatic heterocycles. The van der Waals surface area contributed by atoms with E-state index in [-0.39, 0.29) is 0 Å². The number of piperidine rings is 1. The van der Waals surface area contributed by atoms with Crippen molar-refractivity contribution >= 4 is 27.5 Å². The van der Waals surface area contributed by atoms with E-state index in [9.17, 15) is 8.42 Å². The molecule has 26 heavy (non-hydrogen) atoms. The van der Waals surface area contributed by atoms with Gasteiger partial charge in [-0.2, -0.15) is 8.42 Å². The molecule has 0 atom stereocenters. The smallest absolute Gasteiger partial charge is 0.285 e. The maximum Gasteiger partial charge on any atom is 0.285 e. The van der Waals surface area contributed by atoms with Crippen LogP contribution in [0.25, 0.3) is 0 Å². The number of halogens is 1. The van der Waals surface area contributed by atoms with E-state index < -0.39 is 10.0 Å². The Kier molecular flexibility index (Phi) is 4.58. The third-order valence-corrected chi connectivity index (χ3v) is 6.35. The number of rotatable bonds is 3. The second-order valence-electron chi connectivity index (χ2n) is 6.43. The van der Waals surface area contributed by atoms with Crippen molar-refractivity contribution in [1.82, 2.24) is 9.88 Å². The number of aromatic nitrogens is 1. The lowest BCUT2D eigenvalue weighted by molar-refractivity contribution is 0.181. The van der Waals surface area contributed by atoms with Gasteiger partial charge in [0, 0.05) is 37.1 Å².